The van der Waals surface area contributed by atoms with Gasteiger partial charge >= 0.3 is 5.97 Å². The highest BCUT2D eigenvalue weighted by Crippen LogP contribution is 2.22. The highest BCUT2D eigenvalue weighted by atomic mass is 16.4. The van der Waals surface area contributed by atoms with Gasteiger partial charge in [-0.3, -0.25) is 14.4 Å². The molecule has 0 spiro atoms. The Bertz CT molecular complexity index is 461. The summed E-state index contributed by atoms with van der Waals surface area (Å²) in [6.45, 7) is 0. The van der Waals surface area contributed by atoms with E-state index in [0.717, 1.165) is 0 Å². The van der Waals surface area contributed by atoms with Crippen molar-refractivity contribution >= 4 is 17.7 Å². The van der Waals surface area contributed by atoms with Gasteiger partial charge in [0.1, 0.15) is 5.82 Å². The van der Waals surface area contributed by atoms with Crippen molar-refractivity contribution in [2.24, 2.45) is 7.05 Å². The van der Waals surface area contributed by atoms with E-state index in [4.69, 9.17) is 5.11 Å². The van der Waals surface area contributed by atoms with Crippen LogP contribution < -0.4 is 4.90 Å². The van der Waals surface area contributed by atoms with Crippen molar-refractivity contribution in [3.05, 3.63) is 24.0 Å². The first kappa shape index (κ1) is 9.45. The maximum Gasteiger partial charge on any atom is 0.333 e. The highest BCUT2D eigenvalue weighted by Gasteiger charge is 2.28. The molecule has 1 N–H and O–H groups in total. The van der Waals surface area contributed by atoms with Crippen molar-refractivity contribution in [2.45, 2.75) is 6.42 Å². The molecule has 1 aromatic rings. The van der Waals surface area contributed by atoms with E-state index in [1.54, 1.807) is 19.3 Å². The van der Waals surface area contributed by atoms with Crippen LogP contribution in [0.3, 0.4) is 0 Å². The number of carbonyl (C=O) groups excluding carboxylic acids is 1. The molecule has 0 aromatic carbocycles. The lowest BCUT2D eigenvalue weighted by Crippen LogP contribution is -2.22. The van der Waals surface area contributed by atoms with Crippen molar-refractivity contribution in [3.8, 4) is 0 Å². The molecule has 2 rings (SSSR count). The minimum Gasteiger partial charge on any atom is -0.478 e. The molecule has 6 heteroatoms. The fourth-order valence-corrected chi connectivity index (χ4v) is 1.45. The van der Waals surface area contributed by atoms with Crippen molar-refractivity contribution < 1.29 is 14.7 Å². The number of carboxylic acid groups (broad SMARTS) is 1. The Morgan fingerprint density at radius 2 is 2.33 bits per heavy atom. The largest absolute Gasteiger partial charge is 0.478 e. The van der Waals surface area contributed by atoms with Gasteiger partial charge in [0.2, 0.25) is 5.91 Å². The molecule has 0 saturated carbocycles. The highest BCUT2D eigenvalue weighted by molar-refractivity contribution is 6.06. The number of aromatic nitrogens is 2. The Balaban J connectivity index is 2.36. The second-order valence-electron chi connectivity index (χ2n) is 3.21. The molecule has 0 unspecified atom stereocenters. The van der Waals surface area contributed by atoms with Gasteiger partial charge in [-0.05, 0) is 0 Å². The number of hydrogen-bond acceptors (Lipinski definition) is 3. The van der Waals surface area contributed by atoms with Crippen LogP contribution in [0.2, 0.25) is 0 Å². The zero-order valence-electron chi connectivity index (χ0n) is 8.04. The van der Waals surface area contributed by atoms with Gasteiger partial charge in [0, 0.05) is 19.3 Å². The number of nitrogens with zero attached hydrogens (tertiary/aromatic N) is 3. The van der Waals surface area contributed by atoms with Gasteiger partial charge in [-0.15, -0.1) is 0 Å². The summed E-state index contributed by atoms with van der Waals surface area (Å²) in [6.07, 6.45) is 2.82. The lowest BCUT2D eigenvalue weighted by molar-refractivity contribution is -0.133. The topological polar surface area (TPSA) is 75.4 Å². The Hall–Kier alpha value is -2.11. The minimum atomic E-state index is -1.06. The molecule has 1 aliphatic heterocycles. The predicted molar refractivity (Wildman–Crippen MR) is 51.0 cm³/mol. The van der Waals surface area contributed by atoms with Crippen LogP contribution >= 0.6 is 0 Å². The van der Waals surface area contributed by atoms with Crippen molar-refractivity contribution in [2.75, 3.05) is 4.90 Å². The van der Waals surface area contributed by atoms with E-state index in [0.29, 0.717) is 5.82 Å². The molecule has 0 bridgehead atoms. The molecule has 0 atom stereocenters. The number of rotatable bonds is 2. The Morgan fingerprint density at radius 1 is 1.60 bits per heavy atom. The van der Waals surface area contributed by atoms with E-state index < -0.39 is 5.97 Å². The van der Waals surface area contributed by atoms with E-state index in [9.17, 15) is 9.59 Å². The normalized spacial score (nSPS) is 15.7. The second-order valence-corrected chi connectivity index (χ2v) is 3.21. The second kappa shape index (κ2) is 3.23. The quantitative estimate of drug-likeness (QED) is 0.747. The lowest BCUT2D eigenvalue weighted by atomic mass is 10.2. The fourth-order valence-electron chi connectivity index (χ4n) is 1.45. The Kier molecular flexibility index (Phi) is 2.03. The van der Waals surface area contributed by atoms with Crippen LogP contribution in [0.1, 0.15) is 6.42 Å². The first-order valence-electron chi connectivity index (χ1n) is 4.33. The van der Waals surface area contributed by atoms with E-state index in [-0.39, 0.29) is 17.9 Å². The zero-order valence-corrected chi connectivity index (χ0v) is 8.04. The van der Waals surface area contributed by atoms with Crippen molar-refractivity contribution in [1.82, 2.24) is 9.78 Å². The van der Waals surface area contributed by atoms with E-state index >= 15 is 0 Å². The molecular formula is C9H9N3O3. The third-order valence-electron chi connectivity index (χ3n) is 2.21. The number of amides is 1. The summed E-state index contributed by atoms with van der Waals surface area (Å²) >= 11 is 0. The van der Waals surface area contributed by atoms with Crippen LogP contribution in [0.5, 0.6) is 0 Å². The number of carboxylic acids is 1. The molecule has 0 radical (unpaired) electrons. The Morgan fingerprint density at radius 3 is 2.80 bits per heavy atom. The Labute approximate surface area is 85.4 Å². The molecule has 0 saturated heterocycles. The molecule has 1 aromatic heterocycles. The zero-order chi connectivity index (χ0) is 11.0. The summed E-state index contributed by atoms with van der Waals surface area (Å²) in [5, 5.41) is 12.7. The lowest BCUT2D eigenvalue weighted by Gasteiger charge is -2.12. The summed E-state index contributed by atoms with van der Waals surface area (Å²) in [6, 6.07) is 1.65. The first-order chi connectivity index (χ1) is 7.09. The van der Waals surface area contributed by atoms with Crippen LogP contribution in [0.25, 0.3) is 0 Å². The average Bonchev–Trinajstić information content (AvgIpc) is 2.71. The number of aryl methyl sites for hydroxylation is 1. The van der Waals surface area contributed by atoms with Gasteiger partial charge in [0.05, 0.1) is 18.2 Å². The molecule has 6 nitrogen and oxygen atoms in total. The molecule has 2 heterocycles. The third-order valence-corrected chi connectivity index (χ3v) is 2.21. The van der Waals surface area contributed by atoms with Gasteiger partial charge in [-0.25, -0.2) is 4.79 Å². The molecule has 78 valence electrons. The van der Waals surface area contributed by atoms with E-state index in [1.165, 1.54) is 15.8 Å². The molecule has 1 aliphatic rings. The van der Waals surface area contributed by atoms with Gasteiger partial charge in [-0.1, -0.05) is 0 Å². The minimum absolute atomic E-state index is 0.0689. The van der Waals surface area contributed by atoms with Crippen LogP contribution in [-0.4, -0.2) is 26.8 Å². The van der Waals surface area contributed by atoms with Crippen molar-refractivity contribution in [3.63, 3.8) is 0 Å². The molecule has 15 heavy (non-hydrogen) atoms. The molecule has 0 fully saturated rings. The van der Waals surface area contributed by atoms with Gasteiger partial charge in [-0.2, -0.15) is 5.10 Å². The number of anilines is 1. The van der Waals surface area contributed by atoms with E-state index in [2.05, 4.69) is 5.10 Å². The van der Waals surface area contributed by atoms with Gasteiger partial charge in [0.25, 0.3) is 0 Å². The van der Waals surface area contributed by atoms with Crippen molar-refractivity contribution in [1.29, 1.82) is 0 Å². The number of aliphatic carboxylic acids is 1. The van der Waals surface area contributed by atoms with E-state index in [1.807, 2.05) is 0 Å². The molecule has 1 amide bonds. The summed E-state index contributed by atoms with van der Waals surface area (Å²) in [5.41, 5.74) is 0.0983. The summed E-state index contributed by atoms with van der Waals surface area (Å²) in [5.74, 6) is -0.750. The fraction of sp³-hybridized carbons (Fsp3) is 0.222. The van der Waals surface area contributed by atoms with Gasteiger partial charge < -0.3 is 5.11 Å². The predicted octanol–water partition coefficient (Wildman–Crippen LogP) is 0.125. The first-order valence-corrected chi connectivity index (χ1v) is 4.33. The standard InChI is InChI=1S/C9H9N3O3/c1-11-7(2-3-10-11)12-5-6(9(14)15)4-8(12)13/h2-3,5H,4H2,1H3,(H,14,15). The van der Waals surface area contributed by atoms with Crippen LogP contribution in [-0.2, 0) is 16.6 Å². The maximum absolute atomic E-state index is 11.5. The number of hydrogen-bond donors (Lipinski definition) is 1. The molecule has 0 aliphatic carbocycles. The SMILES string of the molecule is Cn1nccc1N1C=C(C(=O)O)CC1=O. The number of carbonyl (C=O) groups is 2. The average molecular weight is 207 g/mol. The smallest absolute Gasteiger partial charge is 0.333 e. The van der Waals surface area contributed by atoms with Crippen LogP contribution in [0.4, 0.5) is 5.82 Å². The summed E-state index contributed by atoms with van der Waals surface area (Å²) in [4.78, 5) is 23.5. The van der Waals surface area contributed by atoms with Crippen LogP contribution in [0.15, 0.2) is 24.0 Å². The molecular weight excluding hydrogens is 198 g/mol. The summed E-state index contributed by atoms with van der Waals surface area (Å²) in [7, 11) is 1.69. The monoisotopic (exact) mass is 207 g/mol. The third kappa shape index (κ3) is 1.50. The van der Waals surface area contributed by atoms with Crippen LogP contribution in [0, 0.1) is 0 Å². The summed E-state index contributed by atoms with van der Waals surface area (Å²) < 4.78 is 1.51. The maximum atomic E-state index is 11.5. The van der Waals surface area contributed by atoms with Gasteiger partial charge in [0.15, 0.2) is 0 Å².